The molecule has 2 aromatic carbocycles. The molecule has 0 radical (unpaired) electrons. The first-order chi connectivity index (χ1) is 15.1. The van der Waals surface area contributed by atoms with E-state index in [4.69, 9.17) is 11.6 Å². The summed E-state index contributed by atoms with van der Waals surface area (Å²) < 4.78 is 38.7. The van der Waals surface area contributed by atoms with E-state index in [1.165, 1.54) is 11.0 Å². The number of piperazine rings is 1. The molecular weight excluding hydrogens is 453 g/mol. The molecule has 1 N–H and O–H groups in total. The van der Waals surface area contributed by atoms with Crippen molar-refractivity contribution >= 4 is 34.8 Å². The number of nitro benzene ring substituents is 1. The van der Waals surface area contributed by atoms with Crippen molar-refractivity contribution in [1.29, 1.82) is 0 Å². The first-order valence-electron chi connectivity index (χ1n) is 9.49. The van der Waals surface area contributed by atoms with E-state index in [1.54, 1.807) is 23.1 Å². The Morgan fingerprint density at radius 2 is 1.75 bits per heavy atom. The lowest BCUT2D eigenvalue weighted by atomic mass is 10.1. The number of nitrogens with one attached hydrogen (secondary N) is 1. The number of carbonyl (C=O) groups is 2. The van der Waals surface area contributed by atoms with Crippen LogP contribution in [0.2, 0.25) is 5.02 Å². The second-order valence-electron chi connectivity index (χ2n) is 6.99. The Labute approximate surface area is 185 Å². The van der Waals surface area contributed by atoms with Gasteiger partial charge in [0, 0.05) is 32.2 Å². The summed E-state index contributed by atoms with van der Waals surface area (Å²) in [5.41, 5.74) is -1.45. The molecule has 1 fully saturated rings. The van der Waals surface area contributed by atoms with Crippen molar-refractivity contribution in [1.82, 2.24) is 10.2 Å². The largest absolute Gasteiger partial charge is 0.416 e. The van der Waals surface area contributed by atoms with Gasteiger partial charge in [0.25, 0.3) is 11.6 Å². The summed E-state index contributed by atoms with van der Waals surface area (Å²) in [4.78, 5) is 38.1. The van der Waals surface area contributed by atoms with Gasteiger partial charge in [0.1, 0.15) is 5.69 Å². The third-order valence-electron chi connectivity index (χ3n) is 4.99. The van der Waals surface area contributed by atoms with Crippen LogP contribution in [0.25, 0.3) is 0 Å². The molecule has 0 aromatic heterocycles. The highest BCUT2D eigenvalue weighted by molar-refractivity contribution is 6.33. The summed E-state index contributed by atoms with van der Waals surface area (Å²) >= 11 is 5.96. The number of rotatable bonds is 5. The van der Waals surface area contributed by atoms with Crippen molar-refractivity contribution < 1.29 is 27.7 Å². The summed E-state index contributed by atoms with van der Waals surface area (Å²) in [6.07, 6.45) is -4.69. The van der Waals surface area contributed by atoms with Gasteiger partial charge in [-0.05, 0) is 24.3 Å². The number of anilines is 1. The molecule has 0 unspecified atom stereocenters. The van der Waals surface area contributed by atoms with Crippen LogP contribution in [0.1, 0.15) is 15.9 Å². The molecule has 32 heavy (non-hydrogen) atoms. The van der Waals surface area contributed by atoms with Crippen molar-refractivity contribution in [2.24, 2.45) is 0 Å². The van der Waals surface area contributed by atoms with Crippen LogP contribution < -0.4 is 10.2 Å². The van der Waals surface area contributed by atoms with Crippen molar-refractivity contribution in [2.75, 3.05) is 37.6 Å². The Bertz CT molecular complexity index is 1040. The molecule has 12 heteroatoms. The molecule has 1 heterocycles. The molecule has 0 atom stereocenters. The molecule has 0 aliphatic carbocycles. The van der Waals surface area contributed by atoms with Crippen LogP contribution in [0.3, 0.4) is 0 Å². The van der Waals surface area contributed by atoms with Gasteiger partial charge in [0.2, 0.25) is 5.91 Å². The molecule has 170 valence electrons. The lowest BCUT2D eigenvalue weighted by Crippen LogP contribution is -2.51. The predicted molar refractivity (Wildman–Crippen MR) is 111 cm³/mol. The average Bonchev–Trinajstić information content (AvgIpc) is 2.76. The number of alkyl halides is 3. The molecule has 1 aliphatic rings. The lowest BCUT2D eigenvalue weighted by molar-refractivity contribution is -0.384. The van der Waals surface area contributed by atoms with E-state index < -0.39 is 28.3 Å². The fourth-order valence-corrected chi connectivity index (χ4v) is 3.54. The Hall–Kier alpha value is -3.34. The first-order valence-corrected chi connectivity index (χ1v) is 9.87. The van der Waals surface area contributed by atoms with Gasteiger partial charge in [-0.3, -0.25) is 19.7 Å². The van der Waals surface area contributed by atoms with Gasteiger partial charge in [0.15, 0.2) is 0 Å². The fraction of sp³-hybridized carbons (Fsp3) is 0.300. The third kappa shape index (κ3) is 5.28. The number of nitro groups is 1. The SMILES string of the molecule is O=C(NCC(=O)N1CCN(c2ccc(C(F)(F)F)cc2[N+](=O)[O-])CC1)c1ccccc1Cl. The molecule has 2 amide bonds. The Morgan fingerprint density at radius 3 is 2.34 bits per heavy atom. The van der Waals surface area contributed by atoms with E-state index in [9.17, 15) is 32.9 Å². The van der Waals surface area contributed by atoms with Crippen molar-refractivity contribution in [3.8, 4) is 0 Å². The second-order valence-corrected chi connectivity index (χ2v) is 7.40. The maximum absolute atomic E-state index is 12.9. The summed E-state index contributed by atoms with van der Waals surface area (Å²) in [6.45, 7) is 0.509. The zero-order valence-electron chi connectivity index (χ0n) is 16.6. The summed E-state index contributed by atoms with van der Waals surface area (Å²) in [7, 11) is 0. The Kier molecular flexibility index (Phi) is 6.87. The minimum Gasteiger partial charge on any atom is -0.362 e. The Morgan fingerprint density at radius 1 is 1.09 bits per heavy atom. The summed E-state index contributed by atoms with van der Waals surface area (Å²) in [5.74, 6) is -0.852. The number of halogens is 4. The minimum absolute atomic E-state index is 0.0575. The zero-order valence-corrected chi connectivity index (χ0v) is 17.3. The van der Waals surface area contributed by atoms with Crippen molar-refractivity contribution in [3.63, 3.8) is 0 Å². The van der Waals surface area contributed by atoms with Crippen LogP contribution in [0.4, 0.5) is 24.5 Å². The van der Waals surface area contributed by atoms with Crippen LogP contribution in [-0.4, -0.2) is 54.4 Å². The molecular formula is C20H18ClF3N4O4. The van der Waals surface area contributed by atoms with Gasteiger partial charge in [-0.15, -0.1) is 0 Å². The quantitative estimate of drug-likeness (QED) is 0.534. The maximum Gasteiger partial charge on any atom is 0.416 e. The number of benzene rings is 2. The van der Waals surface area contributed by atoms with E-state index in [0.29, 0.717) is 6.07 Å². The standard InChI is InChI=1S/C20H18ClF3N4O4/c21-15-4-2-1-3-14(15)19(30)25-12-18(29)27-9-7-26(8-10-27)16-6-5-13(20(22,23)24)11-17(16)28(31)32/h1-6,11H,7-10,12H2,(H,25,30). The van der Waals surface area contributed by atoms with Crippen LogP contribution in [-0.2, 0) is 11.0 Å². The number of nitrogens with zero attached hydrogens (tertiary/aromatic N) is 3. The van der Waals surface area contributed by atoms with Gasteiger partial charge < -0.3 is 15.1 Å². The summed E-state index contributed by atoms with van der Waals surface area (Å²) in [6, 6.07) is 8.77. The van der Waals surface area contributed by atoms with E-state index in [-0.39, 0.29) is 54.9 Å². The zero-order chi connectivity index (χ0) is 23.5. The van der Waals surface area contributed by atoms with Gasteiger partial charge in [0.05, 0.1) is 27.6 Å². The molecule has 8 nitrogen and oxygen atoms in total. The Balaban J connectivity index is 1.60. The highest BCUT2D eigenvalue weighted by Gasteiger charge is 2.34. The number of hydrogen-bond acceptors (Lipinski definition) is 5. The molecule has 1 aliphatic heterocycles. The smallest absolute Gasteiger partial charge is 0.362 e. The van der Waals surface area contributed by atoms with Gasteiger partial charge in [-0.25, -0.2) is 0 Å². The van der Waals surface area contributed by atoms with Gasteiger partial charge in [-0.1, -0.05) is 23.7 Å². The lowest BCUT2D eigenvalue weighted by Gasteiger charge is -2.36. The van der Waals surface area contributed by atoms with Crippen LogP contribution >= 0.6 is 11.6 Å². The van der Waals surface area contributed by atoms with Crippen LogP contribution in [0, 0.1) is 10.1 Å². The molecule has 1 saturated heterocycles. The molecule has 0 saturated carbocycles. The van der Waals surface area contributed by atoms with Gasteiger partial charge in [-0.2, -0.15) is 13.2 Å². The molecule has 2 aromatic rings. The normalized spacial score (nSPS) is 14.2. The van der Waals surface area contributed by atoms with Gasteiger partial charge >= 0.3 is 6.18 Å². The van der Waals surface area contributed by atoms with Crippen LogP contribution in [0.5, 0.6) is 0 Å². The second kappa shape index (κ2) is 9.43. The number of hydrogen-bond donors (Lipinski definition) is 1. The van der Waals surface area contributed by atoms with Crippen molar-refractivity contribution in [2.45, 2.75) is 6.18 Å². The van der Waals surface area contributed by atoms with E-state index >= 15 is 0 Å². The molecule has 3 rings (SSSR count). The number of carbonyl (C=O) groups excluding carboxylic acids is 2. The minimum atomic E-state index is -4.69. The third-order valence-corrected chi connectivity index (χ3v) is 5.32. The highest BCUT2D eigenvalue weighted by Crippen LogP contribution is 2.36. The molecule has 0 bridgehead atoms. The average molecular weight is 471 g/mol. The monoisotopic (exact) mass is 470 g/mol. The number of amides is 2. The predicted octanol–water partition coefficient (Wildman–Crippen LogP) is 3.35. The van der Waals surface area contributed by atoms with E-state index in [2.05, 4.69) is 5.32 Å². The van der Waals surface area contributed by atoms with Crippen LogP contribution in [0.15, 0.2) is 42.5 Å². The van der Waals surface area contributed by atoms with E-state index in [0.717, 1.165) is 12.1 Å². The molecule has 0 spiro atoms. The topological polar surface area (TPSA) is 95.8 Å². The maximum atomic E-state index is 12.9. The van der Waals surface area contributed by atoms with Crippen molar-refractivity contribution in [3.05, 3.63) is 68.7 Å². The van der Waals surface area contributed by atoms with E-state index in [1.807, 2.05) is 0 Å². The highest BCUT2D eigenvalue weighted by atomic mass is 35.5. The summed E-state index contributed by atoms with van der Waals surface area (Å²) in [5, 5.41) is 14.1. The first kappa shape index (κ1) is 23.3. The fourth-order valence-electron chi connectivity index (χ4n) is 3.32.